The quantitative estimate of drug-likeness (QED) is 0.692. The van der Waals surface area contributed by atoms with Crippen LogP contribution in [0.5, 0.6) is 0 Å². The predicted molar refractivity (Wildman–Crippen MR) is 95.4 cm³/mol. The van der Waals surface area contributed by atoms with Crippen LogP contribution in [0.2, 0.25) is 0 Å². The Balaban J connectivity index is 2.27. The number of nitrogens with zero attached hydrogens (tertiary/aromatic N) is 2. The molecule has 0 aliphatic carbocycles. The summed E-state index contributed by atoms with van der Waals surface area (Å²) in [6, 6.07) is 14.6. The van der Waals surface area contributed by atoms with Gasteiger partial charge in [-0.1, -0.05) is 18.2 Å². The molecular formula is C18H13FN2O2S2. The Hall–Kier alpha value is -2.56. The predicted octanol–water partition coefficient (Wildman–Crippen LogP) is 4.09. The van der Waals surface area contributed by atoms with E-state index in [2.05, 4.69) is 11.1 Å². The van der Waals surface area contributed by atoms with E-state index in [1.165, 1.54) is 23.5 Å². The third-order valence-electron chi connectivity index (χ3n) is 3.55. The average molecular weight is 372 g/mol. The maximum Gasteiger partial charge on any atom is 0.176 e. The van der Waals surface area contributed by atoms with Crippen molar-refractivity contribution in [3.63, 3.8) is 0 Å². The zero-order valence-electron chi connectivity index (χ0n) is 13.2. The molecule has 1 aromatic heterocycles. The normalized spacial score (nSPS) is 11.2. The SMILES string of the molecule is CS(=O)(=O)c1ccccc1-c1sc(CC#N)nc1-c1ccc(F)cc1. The summed E-state index contributed by atoms with van der Waals surface area (Å²) in [4.78, 5) is 5.33. The lowest BCUT2D eigenvalue weighted by atomic mass is 10.1. The highest BCUT2D eigenvalue weighted by Crippen LogP contribution is 2.39. The van der Waals surface area contributed by atoms with Crippen molar-refractivity contribution in [1.82, 2.24) is 4.98 Å². The minimum Gasteiger partial charge on any atom is -0.239 e. The van der Waals surface area contributed by atoms with E-state index in [0.717, 1.165) is 6.26 Å². The Morgan fingerprint density at radius 2 is 1.84 bits per heavy atom. The molecule has 0 aliphatic rings. The molecule has 0 radical (unpaired) electrons. The van der Waals surface area contributed by atoms with Crippen LogP contribution in [-0.2, 0) is 16.3 Å². The topological polar surface area (TPSA) is 70.8 Å². The highest BCUT2D eigenvalue weighted by Gasteiger charge is 2.21. The number of hydrogen-bond acceptors (Lipinski definition) is 5. The first-order valence-corrected chi connectivity index (χ1v) is 10.0. The van der Waals surface area contributed by atoms with Gasteiger partial charge in [0.15, 0.2) is 9.84 Å². The summed E-state index contributed by atoms with van der Waals surface area (Å²) < 4.78 is 37.5. The number of nitriles is 1. The van der Waals surface area contributed by atoms with Gasteiger partial charge in [0.25, 0.3) is 0 Å². The van der Waals surface area contributed by atoms with E-state index in [4.69, 9.17) is 5.26 Å². The maximum absolute atomic E-state index is 13.2. The van der Waals surface area contributed by atoms with Crippen molar-refractivity contribution in [2.75, 3.05) is 6.26 Å². The number of sulfone groups is 1. The van der Waals surface area contributed by atoms with E-state index in [1.54, 1.807) is 36.4 Å². The molecule has 3 rings (SSSR count). The van der Waals surface area contributed by atoms with Crippen molar-refractivity contribution in [3.05, 3.63) is 59.4 Å². The zero-order chi connectivity index (χ0) is 18.0. The summed E-state index contributed by atoms with van der Waals surface area (Å²) in [6.45, 7) is 0. The Bertz CT molecular complexity index is 1070. The number of thiazole rings is 1. The molecule has 0 N–H and O–H groups in total. The van der Waals surface area contributed by atoms with Gasteiger partial charge in [0, 0.05) is 17.4 Å². The molecule has 2 aromatic carbocycles. The van der Waals surface area contributed by atoms with Crippen LogP contribution in [0.3, 0.4) is 0 Å². The van der Waals surface area contributed by atoms with Crippen LogP contribution in [-0.4, -0.2) is 19.7 Å². The first-order valence-electron chi connectivity index (χ1n) is 7.32. The van der Waals surface area contributed by atoms with Gasteiger partial charge >= 0.3 is 0 Å². The van der Waals surface area contributed by atoms with Crippen LogP contribution in [0.15, 0.2) is 53.4 Å². The second-order valence-corrected chi connectivity index (χ2v) is 8.46. The molecule has 0 unspecified atom stereocenters. The molecule has 0 amide bonds. The Morgan fingerprint density at radius 3 is 2.48 bits per heavy atom. The Morgan fingerprint density at radius 1 is 1.16 bits per heavy atom. The van der Waals surface area contributed by atoms with Crippen LogP contribution in [0.4, 0.5) is 4.39 Å². The van der Waals surface area contributed by atoms with Gasteiger partial charge in [-0.3, -0.25) is 0 Å². The van der Waals surface area contributed by atoms with E-state index >= 15 is 0 Å². The van der Waals surface area contributed by atoms with Crippen LogP contribution in [0, 0.1) is 17.1 Å². The van der Waals surface area contributed by atoms with Crippen molar-refractivity contribution in [1.29, 1.82) is 5.26 Å². The first-order chi connectivity index (χ1) is 11.9. The molecule has 0 aliphatic heterocycles. The number of aromatic nitrogens is 1. The van der Waals surface area contributed by atoms with Crippen molar-refractivity contribution in [3.8, 4) is 27.8 Å². The van der Waals surface area contributed by atoms with Crippen LogP contribution in [0.25, 0.3) is 21.7 Å². The molecular weight excluding hydrogens is 359 g/mol. The fourth-order valence-corrected chi connectivity index (χ4v) is 4.49. The lowest BCUT2D eigenvalue weighted by molar-refractivity contribution is 0.602. The smallest absolute Gasteiger partial charge is 0.176 e. The zero-order valence-corrected chi connectivity index (χ0v) is 14.9. The second kappa shape index (κ2) is 6.75. The van der Waals surface area contributed by atoms with Gasteiger partial charge in [0.2, 0.25) is 0 Å². The van der Waals surface area contributed by atoms with E-state index in [-0.39, 0.29) is 17.1 Å². The molecule has 7 heteroatoms. The van der Waals surface area contributed by atoms with Gasteiger partial charge < -0.3 is 0 Å². The number of halogens is 1. The molecule has 0 saturated heterocycles. The lowest BCUT2D eigenvalue weighted by Gasteiger charge is -2.08. The van der Waals surface area contributed by atoms with E-state index in [1.807, 2.05) is 0 Å². The number of rotatable bonds is 4. The van der Waals surface area contributed by atoms with Gasteiger partial charge in [0.05, 0.1) is 28.0 Å². The molecule has 126 valence electrons. The highest BCUT2D eigenvalue weighted by molar-refractivity contribution is 7.90. The standard InChI is InChI=1S/C18H13FN2O2S2/c1-25(22,23)15-5-3-2-4-14(15)18-17(21-16(24-18)10-11-20)12-6-8-13(19)9-7-12/h2-9H,10H2,1H3. The first kappa shape index (κ1) is 17.3. The molecule has 0 saturated carbocycles. The molecule has 0 bridgehead atoms. The third kappa shape index (κ3) is 3.60. The van der Waals surface area contributed by atoms with Crippen molar-refractivity contribution < 1.29 is 12.8 Å². The molecule has 1 heterocycles. The van der Waals surface area contributed by atoms with Crippen LogP contribution >= 0.6 is 11.3 Å². The van der Waals surface area contributed by atoms with E-state index < -0.39 is 9.84 Å². The molecule has 4 nitrogen and oxygen atoms in total. The summed E-state index contributed by atoms with van der Waals surface area (Å²) in [6.07, 6.45) is 1.28. The lowest BCUT2D eigenvalue weighted by Crippen LogP contribution is -1.99. The summed E-state index contributed by atoms with van der Waals surface area (Å²) in [5.41, 5.74) is 1.75. The van der Waals surface area contributed by atoms with Crippen molar-refractivity contribution in [2.24, 2.45) is 0 Å². The van der Waals surface area contributed by atoms with Gasteiger partial charge in [-0.25, -0.2) is 17.8 Å². The largest absolute Gasteiger partial charge is 0.239 e. The molecule has 0 fully saturated rings. The molecule has 0 spiro atoms. The van der Waals surface area contributed by atoms with Crippen molar-refractivity contribution in [2.45, 2.75) is 11.3 Å². The summed E-state index contributed by atoms with van der Waals surface area (Å²) in [5.74, 6) is -0.366. The summed E-state index contributed by atoms with van der Waals surface area (Å²) >= 11 is 1.27. The molecule has 0 atom stereocenters. The second-order valence-electron chi connectivity index (χ2n) is 5.40. The number of hydrogen-bond donors (Lipinski definition) is 0. The van der Waals surface area contributed by atoms with Gasteiger partial charge in [-0.05, 0) is 30.3 Å². The summed E-state index contributed by atoms with van der Waals surface area (Å²) in [5, 5.41) is 9.54. The fraction of sp³-hybridized carbons (Fsp3) is 0.111. The van der Waals surface area contributed by atoms with Gasteiger partial charge in [-0.15, -0.1) is 11.3 Å². The van der Waals surface area contributed by atoms with Crippen LogP contribution in [0.1, 0.15) is 5.01 Å². The van der Waals surface area contributed by atoms with E-state index in [9.17, 15) is 12.8 Å². The van der Waals surface area contributed by atoms with Gasteiger partial charge in [0.1, 0.15) is 10.8 Å². The minimum absolute atomic E-state index is 0.125. The summed E-state index contributed by atoms with van der Waals surface area (Å²) in [7, 11) is -3.44. The van der Waals surface area contributed by atoms with E-state index in [0.29, 0.717) is 26.7 Å². The molecule has 3 aromatic rings. The average Bonchev–Trinajstić information content (AvgIpc) is 2.99. The monoisotopic (exact) mass is 372 g/mol. The van der Waals surface area contributed by atoms with Crippen LogP contribution < -0.4 is 0 Å². The maximum atomic E-state index is 13.2. The minimum atomic E-state index is -3.44. The Kier molecular flexibility index (Phi) is 4.66. The fourth-order valence-electron chi connectivity index (χ4n) is 2.47. The highest BCUT2D eigenvalue weighted by atomic mass is 32.2. The molecule has 25 heavy (non-hydrogen) atoms. The van der Waals surface area contributed by atoms with Gasteiger partial charge in [-0.2, -0.15) is 5.26 Å². The number of benzene rings is 2. The third-order valence-corrected chi connectivity index (χ3v) is 5.79. The van der Waals surface area contributed by atoms with Crippen molar-refractivity contribution >= 4 is 21.2 Å². The Labute approximate surface area is 149 Å².